The van der Waals surface area contributed by atoms with Crippen LogP contribution >= 0.6 is 0 Å². The summed E-state index contributed by atoms with van der Waals surface area (Å²) in [6.07, 6.45) is 4.38. The van der Waals surface area contributed by atoms with Crippen LogP contribution in [0, 0.1) is 0 Å². The van der Waals surface area contributed by atoms with Gasteiger partial charge in [0.15, 0.2) is 0 Å². The van der Waals surface area contributed by atoms with Crippen LogP contribution < -0.4 is 5.73 Å². The third kappa shape index (κ3) is 2.12. The molecule has 0 atom stereocenters. The number of carbonyl (C=O) groups is 1. The molecule has 0 unspecified atom stereocenters. The van der Waals surface area contributed by atoms with Gasteiger partial charge in [0.05, 0.1) is 0 Å². The molecule has 3 heteroatoms. The number of rotatable bonds is 3. The van der Waals surface area contributed by atoms with Crippen molar-refractivity contribution in [2.24, 2.45) is 5.73 Å². The van der Waals surface area contributed by atoms with Gasteiger partial charge in [-0.1, -0.05) is 18.2 Å². The number of primary amides is 1. The number of hydrogen-bond donors (Lipinski definition) is 1. The Labute approximate surface area is 106 Å². The smallest absolute Gasteiger partial charge is 0.248 e. The Hall–Kier alpha value is -2.16. The van der Waals surface area contributed by atoms with Gasteiger partial charge in [0.1, 0.15) is 0 Å². The second-order valence-corrected chi connectivity index (χ2v) is 4.69. The predicted molar refractivity (Wildman–Crippen MR) is 70.2 cm³/mol. The number of carbonyl (C=O) groups excluding carboxylic acids is 1. The first-order valence-corrected chi connectivity index (χ1v) is 6.10. The maximum atomic E-state index is 11.1. The number of aromatic nitrogens is 1. The van der Waals surface area contributed by atoms with Crippen LogP contribution in [0.25, 0.3) is 11.1 Å². The molecule has 0 spiro atoms. The van der Waals surface area contributed by atoms with E-state index in [-0.39, 0.29) is 0 Å². The molecule has 0 radical (unpaired) electrons. The van der Waals surface area contributed by atoms with Gasteiger partial charge in [-0.15, -0.1) is 0 Å². The first kappa shape index (κ1) is 11.0. The molecule has 1 heterocycles. The zero-order valence-corrected chi connectivity index (χ0v) is 9.97. The molecule has 1 saturated carbocycles. The van der Waals surface area contributed by atoms with Gasteiger partial charge in [0, 0.05) is 28.9 Å². The maximum absolute atomic E-state index is 11.1. The summed E-state index contributed by atoms with van der Waals surface area (Å²) in [5.74, 6) is 0.260. The summed E-state index contributed by atoms with van der Waals surface area (Å²) in [6, 6.07) is 11.4. The molecule has 1 aromatic heterocycles. The lowest BCUT2D eigenvalue weighted by Crippen LogP contribution is -2.10. The van der Waals surface area contributed by atoms with E-state index in [4.69, 9.17) is 5.73 Å². The van der Waals surface area contributed by atoms with Crippen molar-refractivity contribution in [3.8, 4) is 11.1 Å². The van der Waals surface area contributed by atoms with E-state index in [0.29, 0.717) is 11.5 Å². The van der Waals surface area contributed by atoms with Crippen molar-refractivity contribution in [2.45, 2.75) is 18.8 Å². The minimum atomic E-state index is -0.403. The van der Waals surface area contributed by atoms with Crippen LogP contribution in [0.1, 0.15) is 34.8 Å². The molecular formula is C15H14N2O. The van der Waals surface area contributed by atoms with Gasteiger partial charge in [-0.3, -0.25) is 9.78 Å². The zero-order valence-electron chi connectivity index (χ0n) is 9.97. The van der Waals surface area contributed by atoms with Gasteiger partial charge < -0.3 is 5.73 Å². The highest BCUT2D eigenvalue weighted by atomic mass is 16.1. The van der Waals surface area contributed by atoms with Crippen LogP contribution in [0.4, 0.5) is 0 Å². The molecule has 18 heavy (non-hydrogen) atoms. The van der Waals surface area contributed by atoms with Crippen molar-refractivity contribution in [1.29, 1.82) is 0 Å². The molecule has 3 rings (SSSR count). The second-order valence-electron chi connectivity index (χ2n) is 4.69. The van der Waals surface area contributed by atoms with E-state index in [1.54, 1.807) is 12.1 Å². The number of pyridine rings is 1. The highest BCUT2D eigenvalue weighted by molar-refractivity contribution is 5.94. The summed E-state index contributed by atoms with van der Waals surface area (Å²) in [5.41, 5.74) is 8.97. The average molecular weight is 238 g/mol. The second kappa shape index (κ2) is 4.26. The Balaban J connectivity index is 1.93. The first-order valence-electron chi connectivity index (χ1n) is 6.10. The van der Waals surface area contributed by atoms with E-state index in [0.717, 1.165) is 11.1 Å². The van der Waals surface area contributed by atoms with E-state index in [1.807, 2.05) is 18.3 Å². The molecule has 0 bridgehead atoms. The fourth-order valence-electron chi connectivity index (χ4n) is 2.05. The maximum Gasteiger partial charge on any atom is 0.248 e. The summed E-state index contributed by atoms with van der Waals surface area (Å²) < 4.78 is 0. The Morgan fingerprint density at radius 1 is 1.17 bits per heavy atom. The average Bonchev–Trinajstić information content (AvgIpc) is 3.23. The third-order valence-corrected chi connectivity index (χ3v) is 3.26. The molecular weight excluding hydrogens is 224 g/mol. The number of amides is 1. The Morgan fingerprint density at radius 2 is 2.00 bits per heavy atom. The highest BCUT2D eigenvalue weighted by Crippen LogP contribution is 2.39. The molecule has 1 fully saturated rings. The molecule has 1 aliphatic rings. The predicted octanol–water partition coefficient (Wildman–Crippen LogP) is 2.72. The molecule has 2 aromatic rings. The molecule has 1 amide bonds. The minimum absolute atomic E-state index is 0.403. The third-order valence-electron chi connectivity index (χ3n) is 3.26. The van der Waals surface area contributed by atoms with Crippen molar-refractivity contribution < 1.29 is 4.79 Å². The van der Waals surface area contributed by atoms with Crippen molar-refractivity contribution in [2.75, 3.05) is 0 Å². The summed E-state index contributed by atoms with van der Waals surface area (Å²) in [7, 11) is 0. The van der Waals surface area contributed by atoms with Crippen LogP contribution in [0.3, 0.4) is 0 Å². The summed E-state index contributed by atoms with van der Waals surface area (Å²) in [4.78, 5) is 15.6. The molecule has 2 N–H and O–H groups in total. The van der Waals surface area contributed by atoms with E-state index in [1.165, 1.54) is 18.5 Å². The number of nitrogens with zero attached hydrogens (tertiary/aromatic N) is 1. The first-order chi connectivity index (χ1) is 8.74. The summed E-state index contributed by atoms with van der Waals surface area (Å²) in [5, 5.41) is 0. The molecule has 0 saturated heterocycles. The fourth-order valence-corrected chi connectivity index (χ4v) is 2.05. The molecule has 0 aliphatic heterocycles. The van der Waals surface area contributed by atoms with Crippen molar-refractivity contribution in [1.82, 2.24) is 4.98 Å². The van der Waals surface area contributed by atoms with E-state index >= 15 is 0 Å². The van der Waals surface area contributed by atoms with Crippen LogP contribution in [0.2, 0.25) is 0 Å². The summed E-state index contributed by atoms with van der Waals surface area (Å²) in [6.45, 7) is 0. The van der Waals surface area contributed by atoms with Gasteiger partial charge >= 0.3 is 0 Å². The molecule has 90 valence electrons. The Bertz CT molecular complexity index is 586. The summed E-state index contributed by atoms with van der Waals surface area (Å²) >= 11 is 0. The van der Waals surface area contributed by atoms with Crippen LogP contribution in [0.5, 0.6) is 0 Å². The van der Waals surface area contributed by atoms with E-state index in [2.05, 4.69) is 17.1 Å². The SMILES string of the molecule is NC(=O)c1cccc(-c2ccc(C3CC3)nc2)c1. The Morgan fingerprint density at radius 3 is 2.61 bits per heavy atom. The van der Waals surface area contributed by atoms with Gasteiger partial charge in [-0.25, -0.2) is 0 Å². The molecule has 1 aliphatic carbocycles. The molecule has 1 aromatic carbocycles. The van der Waals surface area contributed by atoms with Gasteiger partial charge in [-0.2, -0.15) is 0 Å². The van der Waals surface area contributed by atoms with Crippen molar-refractivity contribution in [3.05, 3.63) is 53.9 Å². The topological polar surface area (TPSA) is 56.0 Å². The van der Waals surface area contributed by atoms with E-state index in [9.17, 15) is 4.79 Å². The van der Waals surface area contributed by atoms with Gasteiger partial charge in [0.25, 0.3) is 0 Å². The van der Waals surface area contributed by atoms with Gasteiger partial charge in [-0.05, 0) is 36.6 Å². The fraction of sp³-hybridized carbons (Fsp3) is 0.200. The quantitative estimate of drug-likeness (QED) is 0.893. The lowest BCUT2D eigenvalue weighted by molar-refractivity contribution is 0.100. The largest absolute Gasteiger partial charge is 0.366 e. The minimum Gasteiger partial charge on any atom is -0.366 e. The van der Waals surface area contributed by atoms with Crippen molar-refractivity contribution in [3.63, 3.8) is 0 Å². The monoisotopic (exact) mass is 238 g/mol. The molecule has 3 nitrogen and oxygen atoms in total. The van der Waals surface area contributed by atoms with Crippen molar-refractivity contribution >= 4 is 5.91 Å². The highest BCUT2D eigenvalue weighted by Gasteiger charge is 2.24. The standard InChI is InChI=1S/C15H14N2O/c16-15(18)12-3-1-2-11(8-12)13-6-7-14(17-9-13)10-4-5-10/h1-3,6-10H,4-5H2,(H2,16,18). The van der Waals surface area contributed by atoms with Crippen LogP contribution in [0.15, 0.2) is 42.6 Å². The van der Waals surface area contributed by atoms with Crippen LogP contribution in [-0.2, 0) is 0 Å². The number of nitrogens with two attached hydrogens (primary N) is 1. The normalized spacial score (nSPS) is 14.4. The lowest BCUT2D eigenvalue weighted by atomic mass is 10.0. The zero-order chi connectivity index (χ0) is 12.5. The van der Waals surface area contributed by atoms with Gasteiger partial charge in [0.2, 0.25) is 5.91 Å². The van der Waals surface area contributed by atoms with E-state index < -0.39 is 5.91 Å². The number of benzene rings is 1. The van der Waals surface area contributed by atoms with Crippen LogP contribution in [-0.4, -0.2) is 10.9 Å². The Kier molecular flexibility index (Phi) is 2.59. The lowest BCUT2D eigenvalue weighted by Gasteiger charge is -2.04. The number of hydrogen-bond acceptors (Lipinski definition) is 2.